The average Bonchev–Trinajstić information content (AvgIpc) is 3.31. The quantitative estimate of drug-likeness (QED) is 0.294. The Morgan fingerprint density at radius 1 is 0.929 bits per heavy atom. The highest BCUT2D eigenvalue weighted by Crippen LogP contribution is 2.44. The number of carbonyl (C=O) groups is 3. The van der Waals surface area contributed by atoms with Gasteiger partial charge in [-0.25, -0.2) is 4.79 Å². The number of nitrogens with one attached hydrogen (secondary N) is 2. The smallest absolute Gasteiger partial charge is 0.408 e. The number of fused-ring (bicyclic) bond motifs is 3. The Morgan fingerprint density at radius 3 is 2.14 bits per heavy atom. The van der Waals surface area contributed by atoms with Gasteiger partial charge in [-0.1, -0.05) is 85.8 Å². The second kappa shape index (κ2) is 13.2. The van der Waals surface area contributed by atoms with E-state index in [1.54, 1.807) is 0 Å². The molecule has 0 bridgehead atoms. The van der Waals surface area contributed by atoms with E-state index < -0.39 is 17.6 Å². The number of likely N-dealkylation sites (tertiary alicyclic amines) is 1. The molecule has 1 atom stereocenters. The third-order valence-electron chi connectivity index (χ3n) is 8.52. The number of rotatable bonds is 11. The van der Waals surface area contributed by atoms with Crippen molar-refractivity contribution in [3.63, 3.8) is 0 Å². The van der Waals surface area contributed by atoms with Crippen LogP contribution in [0.25, 0.3) is 11.1 Å². The Kier molecular flexibility index (Phi) is 9.22. The first-order chi connectivity index (χ1) is 20.3. The molecule has 3 aromatic carbocycles. The molecule has 0 radical (unpaired) electrons. The third-order valence-corrected chi connectivity index (χ3v) is 8.52. The van der Waals surface area contributed by atoms with Crippen molar-refractivity contribution in [1.29, 1.82) is 0 Å². The van der Waals surface area contributed by atoms with E-state index in [4.69, 9.17) is 9.84 Å². The fourth-order valence-corrected chi connectivity index (χ4v) is 6.17. The zero-order valence-corrected chi connectivity index (χ0v) is 24.1. The molecule has 1 aliphatic carbocycles. The topological polar surface area (TPSA) is 108 Å². The van der Waals surface area contributed by atoms with E-state index in [0.717, 1.165) is 28.8 Å². The molecule has 1 unspecified atom stereocenters. The second-order valence-corrected chi connectivity index (χ2v) is 11.5. The van der Waals surface area contributed by atoms with Crippen LogP contribution in [0.15, 0.2) is 78.9 Å². The summed E-state index contributed by atoms with van der Waals surface area (Å²) in [5.41, 5.74) is 4.66. The van der Waals surface area contributed by atoms with E-state index in [9.17, 15) is 14.4 Å². The van der Waals surface area contributed by atoms with Crippen molar-refractivity contribution in [2.24, 2.45) is 5.92 Å². The standard InChI is InChI=1S/C34H39N3O5/c1-24(21-31(38)39)15-18-35-32(40)34(16-19-37(20-17-34)22-25-9-3-2-4-10-25)36-33(41)42-23-30-28-13-7-5-11-26(28)27-12-6-8-14-29(27)30/h2-14,24,30H,15-23H2,1H3,(H,35,40)(H,36,41)(H,38,39). The molecule has 2 aliphatic rings. The minimum atomic E-state index is -1.11. The van der Waals surface area contributed by atoms with Crippen LogP contribution in [0.2, 0.25) is 0 Å². The first kappa shape index (κ1) is 29.3. The van der Waals surface area contributed by atoms with Gasteiger partial charge in [0.05, 0.1) is 0 Å². The molecular formula is C34H39N3O5. The van der Waals surface area contributed by atoms with Gasteiger partial charge in [-0.15, -0.1) is 0 Å². The van der Waals surface area contributed by atoms with Crippen molar-refractivity contribution in [2.75, 3.05) is 26.2 Å². The SMILES string of the molecule is CC(CCNC(=O)C1(NC(=O)OCC2c3ccccc3-c3ccccc32)CCN(Cc2ccccc2)CC1)CC(=O)O. The van der Waals surface area contributed by atoms with Gasteiger partial charge in [-0.2, -0.15) is 0 Å². The largest absolute Gasteiger partial charge is 0.481 e. The Bertz CT molecular complexity index is 1360. The lowest BCUT2D eigenvalue weighted by Crippen LogP contribution is -2.63. The summed E-state index contributed by atoms with van der Waals surface area (Å²) >= 11 is 0. The van der Waals surface area contributed by atoms with Crippen molar-refractivity contribution in [2.45, 2.75) is 50.6 Å². The number of ether oxygens (including phenoxy) is 1. The van der Waals surface area contributed by atoms with Crippen LogP contribution in [0, 0.1) is 5.92 Å². The zero-order valence-electron chi connectivity index (χ0n) is 24.1. The summed E-state index contributed by atoms with van der Waals surface area (Å²) < 4.78 is 5.82. The van der Waals surface area contributed by atoms with E-state index in [1.807, 2.05) is 49.4 Å². The Hall–Kier alpha value is -4.17. The first-order valence-corrected chi connectivity index (χ1v) is 14.7. The predicted octanol–water partition coefficient (Wildman–Crippen LogP) is 5.18. The molecular weight excluding hydrogens is 530 g/mol. The second-order valence-electron chi connectivity index (χ2n) is 11.5. The first-order valence-electron chi connectivity index (χ1n) is 14.7. The molecule has 1 heterocycles. The van der Waals surface area contributed by atoms with Crippen LogP contribution >= 0.6 is 0 Å². The number of hydrogen-bond donors (Lipinski definition) is 3. The summed E-state index contributed by atoms with van der Waals surface area (Å²) in [5.74, 6) is -1.25. The van der Waals surface area contributed by atoms with Gasteiger partial charge in [0.2, 0.25) is 5.91 Å². The molecule has 0 spiro atoms. The van der Waals surface area contributed by atoms with Crippen LogP contribution < -0.4 is 10.6 Å². The van der Waals surface area contributed by atoms with Crippen molar-refractivity contribution in [3.05, 3.63) is 95.6 Å². The van der Waals surface area contributed by atoms with Gasteiger partial charge >= 0.3 is 12.1 Å². The van der Waals surface area contributed by atoms with Crippen LogP contribution in [-0.4, -0.2) is 59.8 Å². The number of amides is 2. The Labute approximate surface area is 247 Å². The molecule has 3 aromatic rings. The number of piperidine rings is 1. The molecule has 8 heteroatoms. The van der Waals surface area contributed by atoms with Gasteiger partial charge in [0.15, 0.2) is 0 Å². The van der Waals surface area contributed by atoms with Gasteiger partial charge in [0.25, 0.3) is 0 Å². The van der Waals surface area contributed by atoms with Crippen LogP contribution in [0.5, 0.6) is 0 Å². The Balaban J connectivity index is 1.24. The van der Waals surface area contributed by atoms with Gasteiger partial charge in [0, 0.05) is 38.5 Å². The number of carboxylic acids is 1. The molecule has 5 rings (SSSR count). The Morgan fingerprint density at radius 2 is 1.52 bits per heavy atom. The van der Waals surface area contributed by atoms with Crippen molar-refractivity contribution < 1.29 is 24.2 Å². The molecule has 1 fully saturated rings. The number of carboxylic acid groups (broad SMARTS) is 1. The summed E-state index contributed by atoms with van der Waals surface area (Å²) in [4.78, 5) is 40.2. The predicted molar refractivity (Wildman–Crippen MR) is 161 cm³/mol. The van der Waals surface area contributed by atoms with Gasteiger partial charge in [0.1, 0.15) is 12.1 Å². The number of aliphatic carboxylic acids is 1. The highest BCUT2D eigenvalue weighted by molar-refractivity contribution is 5.90. The van der Waals surface area contributed by atoms with E-state index in [0.29, 0.717) is 38.9 Å². The van der Waals surface area contributed by atoms with E-state index in [-0.39, 0.29) is 30.8 Å². The summed E-state index contributed by atoms with van der Waals surface area (Å²) in [6.45, 7) is 4.42. The summed E-state index contributed by atoms with van der Waals surface area (Å²) in [6.07, 6.45) is 0.871. The number of carbonyl (C=O) groups excluding carboxylic acids is 2. The van der Waals surface area contributed by atoms with E-state index in [1.165, 1.54) is 5.56 Å². The normalized spacial score (nSPS) is 16.6. The van der Waals surface area contributed by atoms with Crippen LogP contribution in [-0.2, 0) is 20.9 Å². The molecule has 2 amide bonds. The minimum absolute atomic E-state index is 0.0491. The lowest BCUT2D eigenvalue weighted by Gasteiger charge is -2.41. The molecule has 0 saturated carbocycles. The highest BCUT2D eigenvalue weighted by atomic mass is 16.5. The van der Waals surface area contributed by atoms with Crippen molar-refractivity contribution >= 4 is 18.0 Å². The fraction of sp³-hybridized carbons (Fsp3) is 0.382. The van der Waals surface area contributed by atoms with Crippen molar-refractivity contribution in [3.8, 4) is 11.1 Å². The number of hydrogen-bond acceptors (Lipinski definition) is 5. The van der Waals surface area contributed by atoms with Gasteiger partial charge in [-0.3, -0.25) is 14.5 Å². The minimum Gasteiger partial charge on any atom is -0.481 e. The summed E-state index contributed by atoms with van der Waals surface area (Å²) in [6, 6.07) is 26.5. The maximum absolute atomic E-state index is 13.6. The van der Waals surface area contributed by atoms with Crippen LogP contribution in [0.4, 0.5) is 4.79 Å². The lowest BCUT2D eigenvalue weighted by atomic mass is 9.86. The molecule has 0 aromatic heterocycles. The number of nitrogens with zero attached hydrogens (tertiary/aromatic N) is 1. The molecule has 1 aliphatic heterocycles. The zero-order chi connectivity index (χ0) is 29.5. The molecule has 220 valence electrons. The fourth-order valence-electron chi connectivity index (χ4n) is 6.17. The van der Waals surface area contributed by atoms with Gasteiger partial charge < -0.3 is 20.5 Å². The lowest BCUT2D eigenvalue weighted by molar-refractivity contribution is -0.138. The average molecular weight is 570 g/mol. The maximum atomic E-state index is 13.6. The number of alkyl carbamates (subject to hydrolysis) is 1. The van der Waals surface area contributed by atoms with Crippen LogP contribution in [0.1, 0.15) is 55.2 Å². The molecule has 42 heavy (non-hydrogen) atoms. The monoisotopic (exact) mass is 569 g/mol. The number of benzene rings is 3. The highest BCUT2D eigenvalue weighted by Gasteiger charge is 2.43. The van der Waals surface area contributed by atoms with Gasteiger partial charge in [-0.05, 0) is 53.0 Å². The van der Waals surface area contributed by atoms with E-state index in [2.05, 4.69) is 51.9 Å². The van der Waals surface area contributed by atoms with E-state index >= 15 is 0 Å². The van der Waals surface area contributed by atoms with Crippen LogP contribution in [0.3, 0.4) is 0 Å². The maximum Gasteiger partial charge on any atom is 0.408 e. The summed E-state index contributed by atoms with van der Waals surface area (Å²) in [7, 11) is 0. The third kappa shape index (κ3) is 6.82. The molecule has 8 nitrogen and oxygen atoms in total. The molecule has 1 saturated heterocycles. The molecule has 3 N–H and O–H groups in total. The summed E-state index contributed by atoms with van der Waals surface area (Å²) in [5, 5.41) is 15.0. The van der Waals surface area contributed by atoms with Crippen molar-refractivity contribution in [1.82, 2.24) is 15.5 Å².